The van der Waals surface area contributed by atoms with Gasteiger partial charge < -0.3 is 9.72 Å². The van der Waals surface area contributed by atoms with E-state index in [1.165, 1.54) is 27.7 Å². The summed E-state index contributed by atoms with van der Waals surface area (Å²) >= 11 is 0. The van der Waals surface area contributed by atoms with Gasteiger partial charge in [-0.3, -0.25) is 4.90 Å². The second-order valence-electron chi connectivity index (χ2n) is 6.26. The summed E-state index contributed by atoms with van der Waals surface area (Å²) in [6.45, 7) is 3.25. The van der Waals surface area contributed by atoms with Crippen LogP contribution in [0.15, 0.2) is 48.5 Å². The van der Waals surface area contributed by atoms with Crippen LogP contribution in [0.4, 0.5) is 0 Å². The molecule has 0 bridgehead atoms. The van der Waals surface area contributed by atoms with Gasteiger partial charge in [-0.05, 0) is 29.7 Å². The summed E-state index contributed by atoms with van der Waals surface area (Å²) in [5.41, 5.74) is 5.47. The number of hydrogen-bond acceptors (Lipinski definition) is 2. The van der Waals surface area contributed by atoms with E-state index < -0.39 is 0 Å². The maximum atomic E-state index is 5.33. The zero-order chi connectivity index (χ0) is 15.6. The molecule has 0 saturated heterocycles. The maximum Gasteiger partial charge on any atom is 0.120 e. The number of hydrogen-bond donors (Lipinski definition) is 1. The Hall–Kier alpha value is -2.26. The van der Waals surface area contributed by atoms with Crippen molar-refractivity contribution < 1.29 is 4.74 Å². The normalized spacial score (nSPS) is 15.3. The van der Waals surface area contributed by atoms with Gasteiger partial charge in [-0.2, -0.15) is 0 Å². The Bertz CT molecular complexity index is 807. The minimum absolute atomic E-state index is 0.916. The number of fused-ring (bicyclic) bond motifs is 3. The first-order valence-electron chi connectivity index (χ1n) is 8.27. The van der Waals surface area contributed by atoms with Gasteiger partial charge in [0.25, 0.3) is 0 Å². The van der Waals surface area contributed by atoms with Crippen molar-refractivity contribution in [2.45, 2.75) is 19.4 Å². The van der Waals surface area contributed by atoms with Gasteiger partial charge in [0.1, 0.15) is 5.75 Å². The number of rotatable bonds is 3. The quantitative estimate of drug-likeness (QED) is 0.797. The first-order chi connectivity index (χ1) is 11.3. The molecule has 3 heteroatoms. The molecule has 4 rings (SSSR count). The molecule has 0 aliphatic carbocycles. The lowest BCUT2D eigenvalue weighted by Gasteiger charge is -2.19. The molecule has 0 fully saturated rings. The van der Waals surface area contributed by atoms with Crippen LogP contribution in [0.3, 0.4) is 0 Å². The number of ether oxygens (including phenoxy) is 1. The lowest BCUT2D eigenvalue weighted by molar-refractivity contribution is 0.279. The minimum atomic E-state index is 0.916. The van der Waals surface area contributed by atoms with Crippen molar-refractivity contribution in [1.82, 2.24) is 9.88 Å². The van der Waals surface area contributed by atoms with Crippen LogP contribution in [0.25, 0.3) is 10.9 Å². The number of aromatic nitrogens is 1. The van der Waals surface area contributed by atoms with Crippen molar-refractivity contribution in [3.8, 4) is 5.75 Å². The highest BCUT2D eigenvalue weighted by Crippen LogP contribution is 2.28. The molecule has 0 atom stereocenters. The molecule has 0 radical (unpaired) electrons. The van der Waals surface area contributed by atoms with E-state index >= 15 is 0 Å². The van der Waals surface area contributed by atoms with Gasteiger partial charge in [-0.1, -0.05) is 30.3 Å². The van der Waals surface area contributed by atoms with Gasteiger partial charge in [0, 0.05) is 48.7 Å². The monoisotopic (exact) mass is 306 g/mol. The summed E-state index contributed by atoms with van der Waals surface area (Å²) in [7, 11) is 1.72. The van der Waals surface area contributed by atoms with Gasteiger partial charge in [-0.25, -0.2) is 0 Å². The van der Waals surface area contributed by atoms with E-state index in [0.29, 0.717) is 0 Å². The molecule has 0 spiro atoms. The van der Waals surface area contributed by atoms with Crippen LogP contribution < -0.4 is 4.74 Å². The lowest BCUT2D eigenvalue weighted by Crippen LogP contribution is -2.26. The van der Waals surface area contributed by atoms with Crippen molar-refractivity contribution in [1.29, 1.82) is 0 Å². The lowest BCUT2D eigenvalue weighted by atomic mass is 10.1. The fraction of sp³-hybridized carbons (Fsp3) is 0.300. The standard InChI is InChI=1S/C20H22N2O/c1-23-16-7-8-17-18-9-11-22(14-15-5-3-2-4-6-15)12-10-19(18)21-20(17)13-16/h2-8,13,21H,9-12,14H2,1H3. The zero-order valence-corrected chi connectivity index (χ0v) is 13.5. The molecule has 1 aromatic heterocycles. The molecule has 0 saturated carbocycles. The van der Waals surface area contributed by atoms with Gasteiger partial charge in [0.05, 0.1) is 7.11 Å². The second-order valence-corrected chi connectivity index (χ2v) is 6.26. The molecule has 1 N–H and O–H groups in total. The van der Waals surface area contributed by atoms with Crippen LogP contribution in [-0.2, 0) is 19.4 Å². The molecular weight excluding hydrogens is 284 g/mol. The summed E-state index contributed by atoms with van der Waals surface area (Å²) in [5, 5.41) is 1.35. The molecule has 2 heterocycles. The van der Waals surface area contributed by atoms with Gasteiger partial charge in [0.15, 0.2) is 0 Å². The zero-order valence-electron chi connectivity index (χ0n) is 13.5. The summed E-state index contributed by atoms with van der Waals surface area (Å²) in [4.78, 5) is 6.16. The van der Waals surface area contributed by atoms with E-state index in [1.807, 2.05) is 0 Å². The summed E-state index contributed by atoms with van der Waals surface area (Å²) in [5.74, 6) is 0.916. The number of methoxy groups -OCH3 is 1. The van der Waals surface area contributed by atoms with Crippen LogP contribution in [0.5, 0.6) is 5.75 Å². The largest absolute Gasteiger partial charge is 0.497 e. The number of aromatic amines is 1. The minimum Gasteiger partial charge on any atom is -0.497 e. The fourth-order valence-electron chi connectivity index (χ4n) is 3.57. The number of H-pyrrole nitrogens is 1. The van der Waals surface area contributed by atoms with Crippen molar-refractivity contribution in [3.63, 3.8) is 0 Å². The topological polar surface area (TPSA) is 28.3 Å². The van der Waals surface area contributed by atoms with Crippen LogP contribution in [-0.4, -0.2) is 30.1 Å². The van der Waals surface area contributed by atoms with Crippen LogP contribution >= 0.6 is 0 Å². The van der Waals surface area contributed by atoms with E-state index in [1.54, 1.807) is 7.11 Å². The average Bonchev–Trinajstić information content (AvgIpc) is 2.83. The van der Waals surface area contributed by atoms with Crippen LogP contribution in [0, 0.1) is 0 Å². The second kappa shape index (κ2) is 6.09. The molecule has 0 amide bonds. The van der Waals surface area contributed by atoms with E-state index in [-0.39, 0.29) is 0 Å². The Morgan fingerprint density at radius 2 is 1.87 bits per heavy atom. The summed E-state index contributed by atoms with van der Waals surface area (Å²) < 4.78 is 5.33. The highest BCUT2D eigenvalue weighted by Gasteiger charge is 2.18. The van der Waals surface area contributed by atoms with Gasteiger partial charge >= 0.3 is 0 Å². The molecule has 0 unspecified atom stereocenters. The van der Waals surface area contributed by atoms with Crippen molar-refractivity contribution >= 4 is 10.9 Å². The van der Waals surface area contributed by atoms with E-state index in [2.05, 4.69) is 58.4 Å². The van der Waals surface area contributed by atoms with E-state index in [0.717, 1.165) is 38.2 Å². The van der Waals surface area contributed by atoms with Crippen molar-refractivity contribution in [2.24, 2.45) is 0 Å². The Labute approximate surface area is 136 Å². The van der Waals surface area contributed by atoms with Gasteiger partial charge in [0.2, 0.25) is 0 Å². The first kappa shape index (κ1) is 14.3. The Kier molecular flexibility index (Phi) is 3.80. The average molecular weight is 306 g/mol. The molecule has 3 nitrogen and oxygen atoms in total. The predicted molar refractivity (Wildman–Crippen MR) is 94.0 cm³/mol. The highest BCUT2D eigenvalue weighted by atomic mass is 16.5. The molecule has 118 valence electrons. The molecular formula is C20H22N2O. The van der Waals surface area contributed by atoms with Crippen molar-refractivity contribution in [3.05, 3.63) is 65.4 Å². The Morgan fingerprint density at radius 1 is 1.04 bits per heavy atom. The van der Waals surface area contributed by atoms with E-state index in [4.69, 9.17) is 4.74 Å². The van der Waals surface area contributed by atoms with Crippen molar-refractivity contribution in [2.75, 3.05) is 20.2 Å². The van der Waals surface area contributed by atoms with E-state index in [9.17, 15) is 0 Å². The third-order valence-corrected chi connectivity index (χ3v) is 4.81. The smallest absolute Gasteiger partial charge is 0.120 e. The molecule has 3 aromatic rings. The number of nitrogens with zero attached hydrogens (tertiary/aromatic N) is 1. The number of nitrogens with one attached hydrogen (secondary N) is 1. The SMILES string of the molecule is COc1ccc2c3c([nH]c2c1)CCN(Cc1ccccc1)CC3. The van der Waals surface area contributed by atoms with Gasteiger partial charge in [-0.15, -0.1) is 0 Å². The predicted octanol–water partition coefficient (Wildman–Crippen LogP) is 3.78. The highest BCUT2D eigenvalue weighted by molar-refractivity contribution is 5.86. The molecule has 1 aliphatic heterocycles. The Morgan fingerprint density at radius 3 is 2.70 bits per heavy atom. The third-order valence-electron chi connectivity index (χ3n) is 4.81. The molecule has 2 aromatic carbocycles. The fourth-order valence-corrected chi connectivity index (χ4v) is 3.57. The summed E-state index contributed by atoms with van der Waals surface area (Å²) in [6, 6.07) is 17.1. The molecule has 23 heavy (non-hydrogen) atoms. The first-order valence-corrected chi connectivity index (χ1v) is 8.27. The third kappa shape index (κ3) is 2.84. The maximum absolute atomic E-state index is 5.33. The molecule has 1 aliphatic rings. The van der Waals surface area contributed by atoms with Crippen LogP contribution in [0.1, 0.15) is 16.8 Å². The van der Waals surface area contributed by atoms with Crippen LogP contribution in [0.2, 0.25) is 0 Å². The summed E-state index contributed by atoms with van der Waals surface area (Å²) in [6.07, 6.45) is 2.19. The number of benzene rings is 2. The Balaban J connectivity index is 1.55.